The maximum Gasteiger partial charge on any atom is 0.354 e. The van der Waals surface area contributed by atoms with Crippen molar-refractivity contribution in [1.82, 2.24) is 14.6 Å². The van der Waals surface area contributed by atoms with Gasteiger partial charge in [-0.05, 0) is 31.5 Å². The molecule has 2 rings (SSSR count). The molecule has 2 aromatic rings. The van der Waals surface area contributed by atoms with Gasteiger partial charge >= 0.3 is 5.97 Å². The summed E-state index contributed by atoms with van der Waals surface area (Å²) in [6.07, 6.45) is 0. The van der Waals surface area contributed by atoms with Crippen LogP contribution in [0.15, 0.2) is 12.1 Å². The van der Waals surface area contributed by atoms with Crippen LogP contribution in [0.1, 0.15) is 21.9 Å². The largest absolute Gasteiger partial charge is 0.477 e. The maximum absolute atomic E-state index is 10.9. The third-order valence-electron chi connectivity index (χ3n) is 1.91. The Bertz CT molecular complexity index is 516. The topological polar surface area (TPSA) is 67.5 Å². The van der Waals surface area contributed by atoms with Crippen molar-refractivity contribution in [2.45, 2.75) is 13.8 Å². The lowest BCUT2D eigenvalue weighted by Gasteiger charge is -1.99. The lowest BCUT2D eigenvalue weighted by molar-refractivity contribution is 0.0687. The first kappa shape index (κ1) is 8.68. The van der Waals surface area contributed by atoms with Crippen molar-refractivity contribution in [3.63, 3.8) is 0 Å². The number of aromatic carboxylic acids is 1. The van der Waals surface area contributed by atoms with Crippen LogP contribution in [0.25, 0.3) is 5.65 Å². The number of rotatable bonds is 1. The van der Waals surface area contributed by atoms with E-state index in [9.17, 15) is 4.79 Å². The van der Waals surface area contributed by atoms with Crippen LogP contribution in [0.2, 0.25) is 0 Å². The Morgan fingerprint density at radius 2 is 2.14 bits per heavy atom. The molecule has 0 aromatic carbocycles. The number of aromatic nitrogens is 3. The number of hydrogen-bond donors (Lipinski definition) is 1. The van der Waals surface area contributed by atoms with Gasteiger partial charge in [0, 0.05) is 0 Å². The van der Waals surface area contributed by atoms with Crippen LogP contribution >= 0.6 is 0 Å². The molecule has 2 heterocycles. The highest BCUT2D eigenvalue weighted by Gasteiger charge is 2.11. The molecule has 5 heteroatoms. The van der Waals surface area contributed by atoms with E-state index in [1.54, 1.807) is 19.1 Å². The lowest BCUT2D eigenvalue weighted by Crippen LogP contribution is -2.06. The van der Waals surface area contributed by atoms with Crippen LogP contribution < -0.4 is 0 Å². The summed E-state index contributed by atoms with van der Waals surface area (Å²) in [5.41, 5.74) is 1.57. The van der Waals surface area contributed by atoms with Crippen molar-refractivity contribution in [3.05, 3.63) is 29.2 Å². The second-order valence-corrected chi connectivity index (χ2v) is 3.15. The lowest BCUT2D eigenvalue weighted by atomic mass is 10.2. The molecule has 0 amide bonds. The van der Waals surface area contributed by atoms with Gasteiger partial charge in [0.1, 0.15) is 5.82 Å². The monoisotopic (exact) mass is 191 g/mol. The molecule has 1 N–H and O–H groups in total. The third-order valence-corrected chi connectivity index (χ3v) is 1.91. The van der Waals surface area contributed by atoms with Crippen LogP contribution in [-0.2, 0) is 0 Å². The number of pyridine rings is 1. The van der Waals surface area contributed by atoms with E-state index in [2.05, 4.69) is 10.1 Å². The predicted molar refractivity (Wildman–Crippen MR) is 49.4 cm³/mol. The second kappa shape index (κ2) is 2.80. The maximum atomic E-state index is 10.9. The SMILES string of the molecule is Cc1cc(C(=O)O)n2nc(C)nc2c1. The minimum Gasteiger partial charge on any atom is -0.477 e. The van der Waals surface area contributed by atoms with Gasteiger partial charge in [0.25, 0.3) is 0 Å². The van der Waals surface area contributed by atoms with Gasteiger partial charge in [-0.1, -0.05) is 0 Å². The molecular weight excluding hydrogens is 182 g/mol. The molecule has 0 aliphatic heterocycles. The molecule has 14 heavy (non-hydrogen) atoms. The molecule has 0 spiro atoms. The smallest absolute Gasteiger partial charge is 0.354 e. The van der Waals surface area contributed by atoms with E-state index in [1.807, 2.05) is 6.92 Å². The number of carbonyl (C=O) groups is 1. The molecule has 0 fully saturated rings. The molecule has 5 nitrogen and oxygen atoms in total. The summed E-state index contributed by atoms with van der Waals surface area (Å²) in [6.45, 7) is 3.56. The summed E-state index contributed by atoms with van der Waals surface area (Å²) in [4.78, 5) is 15.0. The van der Waals surface area contributed by atoms with E-state index >= 15 is 0 Å². The molecule has 2 aromatic heterocycles. The fraction of sp³-hybridized carbons (Fsp3) is 0.222. The summed E-state index contributed by atoms with van der Waals surface area (Å²) in [6, 6.07) is 3.37. The molecule has 0 atom stereocenters. The van der Waals surface area contributed by atoms with Gasteiger partial charge in [-0.25, -0.2) is 14.3 Å². The van der Waals surface area contributed by atoms with E-state index in [0.717, 1.165) is 5.56 Å². The van der Waals surface area contributed by atoms with Crippen molar-refractivity contribution in [3.8, 4) is 0 Å². The molecule has 72 valence electrons. The molecule has 0 saturated carbocycles. The summed E-state index contributed by atoms with van der Waals surface area (Å²) >= 11 is 0. The van der Waals surface area contributed by atoms with Gasteiger partial charge in [-0.3, -0.25) is 0 Å². The Labute approximate surface area is 80.0 Å². The van der Waals surface area contributed by atoms with Gasteiger partial charge in [-0.15, -0.1) is 0 Å². The van der Waals surface area contributed by atoms with Crippen LogP contribution in [0.3, 0.4) is 0 Å². The van der Waals surface area contributed by atoms with Crippen molar-refractivity contribution >= 4 is 11.6 Å². The summed E-state index contributed by atoms with van der Waals surface area (Å²) in [7, 11) is 0. The standard InChI is InChI=1S/C9H9N3O2/c1-5-3-7(9(13)14)12-8(4-5)10-6(2)11-12/h3-4H,1-2H3,(H,13,14). The highest BCUT2D eigenvalue weighted by Crippen LogP contribution is 2.09. The van der Waals surface area contributed by atoms with E-state index in [1.165, 1.54) is 4.52 Å². The zero-order valence-electron chi connectivity index (χ0n) is 7.85. The zero-order valence-corrected chi connectivity index (χ0v) is 7.85. The van der Waals surface area contributed by atoms with Crippen LogP contribution in [0.5, 0.6) is 0 Å². The van der Waals surface area contributed by atoms with Crippen LogP contribution in [0, 0.1) is 13.8 Å². The molecule has 0 aliphatic rings. The van der Waals surface area contributed by atoms with Gasteiger partial charge in [0.05, 0.1) is 0 Å². The fourth-order valence-corrected chi connectivity index (χ4v) is 1.38. The first-order valence-electron chi connectivity index (χ1n) is 4.15. The Hall–Kier alpha value is -1.91. The Kier molecular flexibility index (Phi) is 1.73. The summed E-state index contributed by atoms with van der Waals surface area (Å²) < 4.78 is 1.34. The number of aryl methyl sites for hydroxylation is 2. The summed E-state index contributed by atoms with van der Waals surface area (Å²) in [5, 5.41) is 12.9. The van der Waals surface area contributed by atoms with E-state index < -0.39 is 5.97 Å². The van der Waals surface area contributed by atoms with Crippen LogP contribution in [-0.4, -0.2) is 25.7 Å². The fourth-order valence-electron chi connectivity index (χ4n) is 1.38. The number of carboxylic acid groups (broad SMARTS) is 1. The number of fused-ring (bicyclic) bond motifs is 1. The second-order valence-electron chi connectivity index (χ2n) is 3.15. The first-order valence-corrected chi connectivity index (χ1v) is 4.15. The number of carboxylic acids is 1. The van der Waals surface area contributed by atoms with E-state index in [-0.39, 0.29) is 5.69 Å². The minimum absolute atomic E-state index is 0.139. The number of hydrogen-bond acceptors (Lipinski definition) is 3. The number of nitrogens with zero attached hydrogens (tertiary/aromatic N) is 3. The van der Waals surface area contributed by atoms with Crippen molar-refractivity contribution in [1.29, 1.82) is 0 Å². The molecule has 0 unspecified atom stereocenters. The first-order chi connectivity index (χ1) is 6.58. The van der Waals surface area contributed by atoms with Crippen molar-refractivity contribution in [2.24, 2.45) is 0 Å². The van der Waals surface area contributed by atoms with Crippen molar-refractivity contribution in [2.75, 3.05) is 0 Å². The van der Waals surface area contributed by atoms with Gasteiger partial charge in [-0.2, -0.15) is 5.10 Å². The van der Waals surface area contributed by atoms with Crippen LogP contribution in [0.4, 0.5) is 0 Å². The molecule has 0 bridgehead atoms. The Morgan fingerprint density at radius 1 is 1.43 bits per heavy atom. The summed E-state index contributed by atoms with van der Waals surface area (Å²) in [5.74, 6) is -0.429. The Balaban J connectivity index is 2.85. The van der Waals surface area contributed by atoms with Crippen molar-refractivity contribution < 1.29 is 9.90 Å². The highest BCUT2D eigenvalue weighted by atomic mass is 16.4. The Morgan fingerprint density at radius 3 is 2.79 bits per heavy atom. The van der Waals surface area contributed by atoms with Gasteiger partial charge in [0.15, 0.2) is 11.3 Å². The van der Waals surface area contributed by atoms with E-state index in [0.29, 0.717) is 11.5 Å². The predicted octanol–water partition coefficient (Wildman–Crippen LogP) is 1.04. The minimum atomic E-state index is -0.997. The molecule has 0 radical (unpaired) electrons. The average Bonchev–Trinajstić information content (AvgIpc) is 2.42. The highest BCUT2D eigenvalue weighted by molar-refractivity contribution is 5.86. The normalized spacial score (nSPS) is 10.7. The third kappa shape index (κ3) is 1.22. The van der Waals surface area contributed by atoms with Gasteiger partial charge < -0.3 is 5.11 Å². The zero-order chi connectivity index (χ0) is 10.3. The molecular formula is C9H9N3O2. The van der Waals surface area contributed by atoms with Gasteiger partial charge in [0.2, 0.25) is 0 Å². The molecule has 0 saturated heterocycles. The van der Waals surface area contributed by atoms with E-state index in [4.69, 9.17) is 5.11 Å². The molecule has 0 aliphatic carbocycles. The quantitative estimate of drug-likeness (QED) is 0.731. The average molecular weight is 191 g/mol.